The average molecular weight is 408 g/mol. The summed E-state index contributed by atoms with van der Waals surface area (Å²) < 4.78 is 10.9. The molecule has 1 aliphatic heterocycles. The van der Waals surface area contributed by atoms with Crippen molar-refractivity contribution in [2.45, 2.75) is 12.3 Å². The van der Waals surface area contributed by atoms with Gasteiger partial charge < -0.3 is 14.5 Å². The molecular formula is C22H20N2O4S. The van der Waals surface area contributed by atoms with Gasteiger partial charge in [-0.2, -0.15) is 0 Å². The van der Waals surface area contributed by atoms with Gasteiger partial charge in [0.05, 0.1) is 24.3 Å². The largest absolute Gasteiger partial charge is 0.492 e. The van der Waals surface area contributed by atoms with Crippen LogP contribution in [0.5, 0.6) is 5.75 Å². The Labute approximate surface area is 172 Å². The Balaban J connectivity index is 1.62. The number of hydrogen-bond donors (Lipinski definition) is 1. The number of carbonyl (C=O) groups is 2. The Hall–Kier alpha value is -3.19. The molecule has 148 valence electrons. The third-order valence-corrected chi connectivity index (χ3v) is 5.68. The van der Waals surface area contributed by atoms with Crippen LogP contribution in [0.2, 0.25) is 0 Å². The van der Waals surface area contributed by atoms with Crippen LogP contribution >= 0.6 is 11.8 Å². The second-order valence-corrected chi connectivity index (χ2v) is 7.45. The Morgan fingerprint density at radius 3 is 2.86 bits per heavy atom. The van der Waals surface area contributed by atoms with Gasteiger partial charge in [0.1, 0.15) is 11.1 Å². The van der Waals surface area contributed by atoms with E-state index in [0.717, 1.165) is 11.3 Å². The number of anilines is 2. The van der Waals surface area contributed by atoms with E-state index in [9.17, 15) is 9.59 Å². The molecule has 2 heterocycles. The van der Waals surface area contributed by atoms with Gasteiger partial charge in [-0.05, 0) is 48.9 Å². The molecule has 1 saturated heterocycles. The summed E-state index contributed by atoms with van der Waals surface area (Å²) in [6, 6.07) is 18.3. The van der Waals surface area contributed by atoms with Crippen molar-refractivity contribution < 1.29 is 18.7 Å². The maximum atomic E-state index is 12.7. The first-order valence-electron chi connectivity index (χ1n) is 9.27. The standard InChI is InChI=1S/C22H20N2O4S/c1-2-27-18-10-4-3-9-17(18)24-20(25)14-29-22(24)15-7-5-8-16(13-15)23-21(26)19-11-6-12-28-19/h3-13,22H,2,14H2,1H3,(H,23,26)/t22-/m0/s1. The Morgan fingerprint density at radius 1 is 1.21 bits per heavy atom. The van der Waals surface area contributed by atoms with Crippen LogP contribution in [-0.4, -0.2) is 24.2 Å². The molecule has 0 bridgehead atoms. The quantitative estimate of drug-likeness (QED) is 0.640. The lowest BCUT2D eigenvalue weighted by Crippen LogP contribution is -2.28. The van der Waals surface area contributed by atoms with E-state index in [2.05, 4.69) is 5.32 Å². The highest BCUT2D eigenvalue weighted by atomic mass is 32.2. The molecule has 0 spiro atoms. The van der Waals surface area contributed by atoms with E-state index in [1.165, 1.54) is 6.26 Å². The number of nitrogens with one attached hydrogen (secondary N) is 1. The molecular weight excluding hydrogens is 388 g/mol. The van der Waals surface area contributed by atoms with E-state index in [-0.39, 0.29) is 22.9 Å². The van der Waals surface area contributed by atoms with Gasteiger partial charge in [0.2, 0.25) is 5.91 Å². The lowest BCUT2D eigenvalue weighted by Gasteiger charge is -2.26. The van der Waals surface area contributed by atoms with Crippen LogP contribution in [0.25, 0.3) is 0 Å². The van der Waals surface area contributed by atoms with Gasteiger partial charge in [0.25, 0.3) is 5.91 Å². The number of benzene rings is 2. The molecule has 0 aliphatic carbocycles. The molecule has 1 aromatic heterocycles. The summed E-state index contributed by atoms with van der Waals surface area (Å²) in [5.41, 5.74) is 2.31. The van der Waals surface area contributed by atoms with E-state index in [4.69, 9.17) is 9.15 Å². The van der Waals surface area contributed by atoms with Crippen LogP contribution in [0, 0.1) is 0 Å². The minimum Gasteiger partial charge on any atom is -0.492 e. The zero-order valence-electron chi connectivity index (χ0n) is 15.8. The molecule has 3 aromatic rings. The summed E-state index contributed by atoms with van der Waals surface area (Å²) in [6.45, 7) is 2.44. The fourth-order valence-electron chi connectivity index (χ4n) is 3.24. The number of ether oxygens (including phenoxy) is 1. The molecule has 0 radical (unpaired) electrons. The van der Waals surface area contributed by atoms with Gasteiger partial charge in [-0.1, -0.05) is 24.3 Å². The highest BCUT2D eigenvalue weighted by molar-refractivity contribution is 8.00. The summed E-state index contributed by atoms with van der Waals surface area (Å²) in [5.74, 6) is 1.01. The average Bonchev–Trinajstić information content (AvgIpc) is 3.39. The number of rotatable bonds is 6. The molecule has 0 unspecified atom stereocenters. The van der Waals surface area contributed by atoms with E-state index >= 15 is 0 Å². The molecule has 1 N–H and O–H groups in total. The smallest absolute Gasteiger partial charge is 0.291 e. The van der Waals surface area contributed by atoms with Crippen LogP contribution in [0.15, 0.2) is 71.3 Å². The highest BCUT2D eigenvalue weighted by Gasteiger charge is 2.35. The van der Waals surface area contributed by atoms with Crippen molar-refractivity contribution in [3.8, 4) is 5.75 Å². The number of para-hydroxylation sites is 2. The third kappa shape index (κ3) is 4.00. The monoisotopic (exact) mass is 408 g/mol. The van der Waals surface area contributed by atoms with E-state index in [1.807, 2.05) is 55.5 Å². The van der Waals surface area contributed by atoms with Crippen LogP contribution < -0.4 is 15.0 Å². The van der Waals surface area contributed by atoms with Crippen molar-refractivity contribution in [2.24, 2.45) is 0 Å². The maximum absolute atomic E-state index is 12.7. The predicted molar refractivity (Wildman–Crippen MR) is 113 cm³/mol. The zero-order valence-corrected chi connectivity index (χ0v) is 16.6. The number of furan rings is 1. The van der Waals surface area contributed by atoms with Crippen molar-refractivity contribution in [1.29, 1.82) is 0 Å². The minimum atomic E-state index is -0.319. The minimum absolute atomic E-state index is 0.0252. The van der Waals surface area contributed by atoms with Gasteiger partial charge in [0, 0.05) is 5.69 Å². The zero-order chi connectivity index (χ0) is 20.2. The molecule has 1 fully saturated rings. The number of amides is 2. The van der Waals surface area contributed by atoms with Crippen LogP contribution in [0.3, 0.4) is 0 Å². The van der Waals surface area contributed by atoms with Crippen molar-refractivity contribution in [3.63, 3.8) is 0 Å². The SMILES string of the molecule is CCOc1ccccc1N1C(=O)CS[C@H]1c1cccc(NC(=O)c2ccco2)c1. The second-order valence-electron chi connectivity index (χ2n) is 6.38. The Kier molecular flexibility index (Phi) is 5.57. The first-order chi connectivity index (χ1) is 14.2. The molecule has 4 rings (SSSR count). The molecule has 1 aliphatic rings. The lowest BCUT2D eigenvalue weighted by molar-refractivity contribution is -0.115. The summed E-state index contributed by atoms with van der Waals surface area (Å²) in [4.78, 5) is 26.7. The normalized spacial score (nSPS) is 16.1. The lowest BCUT2D eigenvalue weighted by atomic mass is 10.1. The highest BCUT2D eigenvalue weighted by Crippen LogP contribution is 2.45. The Morgan fingerprint density at radius 2 is 2.07 bits per heavy atom. The third-order valence-electron chi connectivity index (χ3n) is 4.47. The molecule has 1 atom stereocenters. The number of hydrogen-bond acceptors (Lipinski definition) is 5. The molecule has 0 saturated carbocycles. The molecule has 2 aromatic carbocycles. The number of thioether (sulfide) groups is 1. The first kappa shape index (κ1) is 19.1. The summed E-state index contributed by atoms with van der Waals surface area (Å²) in [6.07, 6.45) is 1.46. The van der Waals surface area contributed by atoms with Crippen molar-refractivity contribution in [3.05, 3.63) is 78.3 Å². The van der Waals surface area contributed by atoms with Gasteiger partial charge in [-0.25, -0.2) is 0 Å². The molecule has 2 amide bonds. The predicted octanol–water partition coefficient (Wildman–Crippen LogP) is 4.71. The maximum Gasteiger partial charge on any atom is 0.291 e. The van der Waals surface area contributed by atoms with Crippen molar-refractivity contribution in [2.75, 3.05) is 22.6 Å². The molecule has 7 heteroatoms. The first-order valence-corrected chi connectivity index (χ1v) is 10.3. The molecule has 29 heavy (non-hydrogen) atoms. The van der Waals surface area contributed by atoms with Crippen LogP contribution in [-0.2, 0) is 4.79 Å². The topological polar surface area (TPSA) is 71.8 Å². The summed E-state index contributed by atoms with van der Waals surface area (Å²) in [7, 11) is 0. The summed E-state index contributed by atoms with van der Waals surface area (Å²) in [5, 5.41) is 2.63. The van der Waals surface area contributed by atoms with Gasteiger partial charge in [0.15, 0.2) is 5.76 Å². The Bertz CT molecular complexity index is 1020. The number of carbonyl (C=O) groups excluding carboxylic acids is 2. The fourth-order valence-corrected chi connectivity index (χ4v) is 4.39. The fraction of sp³-hybridized carbons (Fsp3) is 0.182. The van der Waals surface area contributed by atoms with Crippen LogP contribution in [0.1, 0.15) is 28.4 Å². The summed E-state index contributed by atoms with van der Waals surface area (Å²) >= 11 is 1.55. The van der Waals surface area contributed by atoms with Gasteiger partial charge in [-0.3, -0.25) is 14.5 Å². The van der Waals surface area contributed by atoms with Gasteiger partial charge in [-0.15, -0.1) is 11.8 Å². The number of nitrogens with zero attached hydrogens (tertiary/aromatic N) is 1. The van der Waals surface area contributed by atoms with E-state index < -0.39 is 0 Å². The van der Waals surface area contributed by atoms with Crippen molar-refractivity contribution >= 4 is 35.0 Å². The van der Waals surface area contributed by atoms with Gasteiger partial charge >= 0.3 is 0 Å². The molecule has 6 nitrogen and oxygen atoms in total. The van der Waals surface area contributed by atoms with Crippen LogP contribution in [0.4, 0.5) is 11.4 Å². The van der Waals surface area contributed by atoms with E-state index in [1.54, 1.807) is 28.8 Å². The second kappa shape index (κ2) is 8.45. The van der Waals surface area contributed by atoms with E-state index in [0.29, 0.717) is 23.8 Å². The van der Waals surface area contributed by atoms with Crippen molar-refractivity contribution in [1.82, 2.24) is 0 Å².